The number of hydrogen-bond donors (Lipinski definition) is 1. The van der Waals surface area contributed by atoms with E-state index in [0.717, 1.165) is 12.5 Å². The average molecular weight is 151 g/mol. The standard InChI is InChI=1S/C10H17N/c1-3-8-11-10-6-4-9(2)5-7-10/h1,9-11H,4-8H2,2H3. The van der Waals surface area contributed by atoms with Crippen molar-refractivity contribution in [3.05, 3.63) is 0 Å². The zero-order valence-corrected chi connectivity index (χ0v) is 7.27. The van der Waals surface area contributed by atoms with E-state index in [1.807, 2.05) is 0 Å². The fraction of sp³-hybridized carbons (Fsp3) is 0.800. The molecule has 62 valence electrons. The van der Waals surface area contributed by atoms with Gasteiger partial charge in [-0.3, -0.25) is 0 Å². The summed E-state index contributed by atoms with van der Waals surface area (Å²) in [7, 11) is 0. The van der Waals surface area contributed by atoms with E-state index in [4.69, 9.17) is 6.42 Å². The molecule has 0 radical (unpaired) electrons. The molecule has 1 aliphatic carbocycles. The molecule has 0 atom stereocenters. The molecule has 1 saturated carbocycles. The molecule has 0 aromatic carbocycles. The van der Waals surface area contributed by atoms with Crippen molar-refractivity contribution in [1.29, 1.82) is 0 Å². The third kappa shape index (κ3) is 2.95. The van der Waals surface area contributed by atoms with Crippen molar-refractivity contribution in [2.75, 3.05) is 6.54 Å². The van der Waals surface area contributed by atoms with Gasteiger partial charge in [-0.25, -0.2) is 0 Å². The number of terminal acetylenes is 1. The largest absolute Gasteiger partial charge is 0.303 e. The van der Waals surface area contributed by atoms with Crippen LogP contribution in [0.25, 0.3) is 0 Å². The van der Waals surface area contributed by atoms with Crippen molar-refractivity contribution < 1.29 is 0 Å². The first-order valence-electron chi connectivity index (χ1n) is 4.49. The molecular formula is C10H17N. The van der Waals surface area contributed by atoms with Crippen molar-refractivity contribution in [3.63, 3.8) is 0 Å². The first-order chi connectivity index (χ1) is 5.33. The summed E-state index contributed by atoms with van der Waals surface area (Å²) >= 11 is 0. The molecule has 1 nitrogen and oxygen atoms in total. The molecule has 11 heavy (non-hydrogen) atoms. The fourth-order valence-electron chi connectivity index (χ4n) is 1.67. The van der Waals surface area contributed by atoms with Gasteiger partial charge < -0.3 is 5.32 Å². The van der Waals surface area contributed by atoms with Crippen LogP contribution in [0, 0.1) is 18.3 Å². The second-order valence-electron chi connectivity index (χ2n) is 3.54. The van der Waals surface area contributed by atoms with Crippen LogP contribution >= 0.6 is 0 Å². The van der Waals surface area contributed by atoms with Crippen LogP contribution in [0.15, 0.2) is 0 Å². The second kappa shape index (κ2) is 4.41. The number of hydrogen-bond acceptors (Lipinski definition) is 1. The highest BCUT2D eigenvalue weighted by atomic mass is 14.9. The van der Waals surface area contributed by atoms with Crippen molar-refractivity contribution >= 4 is 0 Å². The Morgan fingerprint density at radius 2 is 2.00 bits per heavy atom. The van der Waals surface area contributed by atoms with E-state index in [1.54, 1.807) is 0 Å². The van der Waals surface area contributed by atoms with Gasteiger partial charge in [-0.05, 0) is 31.6 Å². The van der Waals surface area contributed by atoms with Crippen LogP contribution in [0.1, 0.15) is 32.6 Å². The predicted molar refractivity (Wildman–Crippen MR) is 48.3 cm³/mol. The topological polar surface area (TPSA) is 12.0 Å². The molecule has 1 fully saturated rings. The van der Waals surface area contributed by atoms with Crippen LogP contribution in [0.5, 0.6) is 0 Å². The summed E-state index contributed by atoms with van der Waals surface area (Å²) in [4.78, 5) is 0. The lowest BCUT2D eigenvalue weighted by atomic mass is 9.87. The Hall–Kier alpha value is -0.480. The molecule has 0 bridgehead atoms. The monoisotopic (exact) mass is 151 g/mol. The third-order valence-corrected chi connectivity index (χ3v) is 2.51. The van der Waals surface area contributed by atoms with Gasteiger partial charge in [0.2, 0.25) is 0 Å². The van der Waals surface area contributed by atoms with E-state index in [9.17, 15) is 0 Å². The minimum Gasteiger partial charge on any atom is -0.303 e. The van der Waals surface area contributed by atoms with E-state index in [2.05, 4.69) is 18.2 Å². The van der Waals surface area contributed by atoms with Crippen molar-refractivity contribution in [1.82, 2.24) is 5.32 Å². The molecule has 1 aliphatic rings. The molecule has 1 N–H and O–H groups in total. The lowest BCUT2D eigenvalue weighted by Crippen LogP contribution is -2.32. The van der Waals surface area contributed by atoms with Gasteiger partial charge in [0, 0.05) is 6.04 Å². The molecule has 0 heterocycles. The van der Waals surface area contributed by atoms with Gasteiger partial charge in [0.15, 0.2) is 0 Å². The minimum atomic E-state index is 0.697. The van der Waals surface area contributed by atoms with Crippen LogP contribution in [0.3, 0.4) is 0 Å². The van der Waals surface area contributed by atoms with Crippen LogP contribution in [-0.2, 0) is 0 Å². The van der Waals surface area contributed by atoms with Crippen molar-refractivity contribution in [2.45, 2.75) is 38.6 Å². The third-order valence-electron chi connectivity index (χ3n) is 2.51. The maximum absolute atomic E-state index is 5.16. The first-order valence-corrected chi connectivity index (χ1v) is 4.49. The van der Waals surface area contributed by atoms with E-state index in [0.29, 0.717) is 6.04 Å². The minimum absolute atomic E-state index is 0.697. The highest BCUT2D eigenvalue weighted by Crippen LogP contribution is 2.22. The molecule has 0 aromatic heterocycles. The molecule has 1 heteroatoms. The Bertz CT molecular complexity index is 137. The Kier molecular flexibility index (Phi) is 3.45. The maximum Gasteiger partial charge on any atom is 0.0575 e. The lowest BCUT2D eigenvalue weighted by Gasteiger charge is -2.26. The van der Waals surface area contributed by atoms with Gasteiger partial charge in [-0.1, -0.05) is 12.8 Å². The van der Waals surface area contributed by atoms with E-state index in [1.165, 1.54) is 25.7 Å². The summed E-state index contributed by atoms with van der Waals surface area (Å²) in [5.74, 6) is 3.54. The highest BCUT2D eigenvalue weighted by molar-refractivity contribution is 4.89. The average Bonchev–Trinajstić information content (AvgIpc) is 2.04. The fourth-order valence-corrected chi connectivity index (χ4v) is 1.67. The molecule has 1 rings (SSSR count). The summed E-state index contributed by atoms with van der Waals surface area (Å²) in [5.41, 5.74) is 0. The van der Waals surface area contributed by atoms with Crippen LogP contribution in [0.2, 0.25) is 0 Å². The summed E-state index contributed by atoms with van der Waals surface area (Å²) in [5, 5.41) is 3.36. The number of nitrogens with one attached hydrogen (secondary N) is 1. The zero-order valence-electron chi connectivity index (χ0n) is 7.27. The summed E-state index contributed by atoms with van der Waals surface area (Å²) in [6.07, 6.45) is 10.5. The van der Waals surface area contributed by atoms with Gasteiger partial charge in [0.1, 0.15) is 0 Å². The van der Waals surface area contributed by atoms with Crippen LogP contribution in [0.4, 0.5) is 0 Å². The quantitative estimate of drug-likeness (QED) is 0.593. The summed E-state index contributed by atoms with van der Waals surface area (Å²) in [6, 6.07) is 0.697. The molecular weight excluding hydrogens is 134 g/mol. The lowest BCUT2D eigenvalue weighted by molar-refractivity contribution is 0.315. The van der Waals surface area contributed by atoms with Crippen molar-refractivity contribution in [3.8, 4) is 12.3 Å². The predicted octanol–water partition coefficient (Wildman–Crippen LogP) is 1.79. The summed E-state index contributed by atoms with van der Waals surface area (Å²) < 4.78 is 0. The normalized spacial score (nSPS) is 31.3. The van der Waals surface area contributed by atoms with Gasteiger partial charge in [0.05, 0.1) is 6.54 Å². The SMILES string of the molecule is C#CCNC1CCC(C)CC1. The van der Waals surface area contributed by atoms with Gasteiger partial charge >= 0.3 is 0 Å². The van der Waals surface area contributed by atoms with Gasteiger partial charge in [-0.15, -0.1) is 6.42 Å². The molecule has 0 saturated heterocycles. The van der Waals surface area contributed by atoms with Crippen LogP contribution in [-0.4, -0.2) is 12.6 Å². The smallest absolute Gasteiger partial charge is 0.0575 e. The Balaban J connectivity index is 2.13. The Labute approximate surface area is 69.6 Å². The second-order valence-corrected chi connectivity index (χ2v) is 3.54. The first kappa shape index (κ1) is 8.62. The molecule has 0 spiro atoms. The zero-order chi connectivity index (χ0) is 8.10. The Morgan fingerprint density at radius 1 is 1.36 bits per heavy atom. The molecule has 0 aliphatic heterocycles. The molecule has 0 amide bonds. The maximum atomic E-state index is 5.16. The highest BCUT2D eigenvalue weighted by Gasteiger charge is 2.16. The van der Waals surface area contributed by atoms with E-state index in [-0.39, 0.29) is 0 Å². The molecule has 0 unspecified atom stereocenters. The van der Waals surface area contributed by atoms with Crippen LogP contribution < -0.4 is 5.32 Å². The van der Waals surface area contributed by atoms with Gasteiger partial charge in [-0.2, -0.15) is 0 Å². The van der Waals surface area contributed by atoms with E-state index < -0.39 is 0 Å². The molecule has 0 aromatic rings. The van der Waals surface area contributed by atoms with Crippen molar-refractivity contribution in [2.24, 2.45) is 5.92 Å². The van der Waals surface area contributed by atoms with Gasteiger partial charge in [0.25, 0.3) is 0 Å². The number of rotatable bonds is 2. The summed E-state index contributed by atoms with van der Waals surface area (Å²) in [6.45, 7) is 3.07. The van der Waals surface area contributed by atoms with E-state index >= 15 is 0 Å². The Morgan fingerprint density at radius 3 is 2.55 bits per heavy atom.